The molecule has 2 N–H and O–H groups in total. The van der Waals surface area contributed by atoms with E-state index in [2.05, 4.69) is 29.4 Å². The Bertz CT molecular complexity index is 810. The van der Waals surface area contributed by atoms with E-state index in [0.29, 0.717) is 18.2 Å². The maximum atomic E-state index is 12.4. The van der Waals surface area contributed by atoms with Crippen LogP contribution in [0.5, 0.6) is 0 Å². The third kappa shape index (κ3) is 4.60. The maximum absolute atomic E-state index is 12.4. The molecule has 0 fully saturated rings. The summed E-state index contributed by atoms with van der Waals surface area (Å²) in [6.45, 7) is 4.78. The van der Waals surface area contributed by atoms with E-state index in [1.54, 1.807) is 48.6 Å². The lowest BCUT2D eigenvalue weighted by molar-refractivity contribution is 0.587. The summed E-state index contributed by atoms with van der Waals surface area (Å²) in [5.74, 6) is 2.19. The highest BCUT2D eigenvalue weighted by Gasteiger charge is 2.15. The van der Waals surface area contributed by atoms with E-state index in [9.17, 15) is 8.42 Å². The van der Waals surface area contributed by atoms with Crippen molar-refractivity contribution < 1.29 is 8.42 Å². The van der Waals surface area contributed by atoms with Gasteiger partial charge in [-0.3, -0.25) is 5.41 Å². The van der Waals surface area contributed by atoms with E-state index >= 15 is 0 Å². The van der Waals surface area contributed by atoms with Gasteiger partial charge >= 0.3 is 0 Å². The molecule has 0 unspecified atom stereocenters. The van der Waals surface area contributed by atoms with Crippen LogP contribution in [0.1, 0.15) is 19.4 Å². The van der Waals surface area contributed by atoms with E-state index in [1.807, 2.05) is 0 Å². The average molecular weight is 329 g/mol. The smallest absolute Gasteiger partial charge is 0.282 e. The van der Waals surface area contributed by atoms with Gasteiger partial charge in [-0.05, 0) is 35.7 Å². The lowest BCUT2D eigenvalue weighted by Crippen LogP contribution is -2.21. The van der Waals surface area contributed by atoms with Crippen molar-refractivity contribution in [3.05, 3.63) is 59.7 Å². The first-order chi connectivity index (χ1) is 10.9. The van der Waals surface area contributed by atoms with Crippen LogP contribution < -0.4 is 5.32 Å². The molecular weight excluding hydrogens is 310 g/mol. The molecule has 0 saturated heterocycles. The Morgan fingerprint density at radius 1 is 1.17 bits per heavy atom. The number of nitrogens with one attached hydrogen (secondary N) is 2. The second-order valence-corrected chi connectivity index (χ2v) is 6.99. The highest BCUT2D eigenvalue weighted by atomic mass is 32.2. The Hall–Kier alpha value is -2.27. The van der Waals surface area contributed by atoms with Crippen LogP contribution in [0.4, 0.5) is 0 Å². The molecule has 5 nitrogen and oxygen atoms in total. The van der Waals surface area contributed by atoms with Crippen molar-refractivity contribution in [3.63, 3.8) is 0 Å². The van der Waals surface area contributed by atoms with Crippen LogP contribution in [0.25, 0.3) is 0 Å². The largest absolute Gasteiger partial charge is 0.310 e. The molecular formula is C17H19N3O2S. The van der Waals surface area contributed by atoms with Crippen molar-refractivity contribution in [3.8, 4) is 0 Å². The molecule has 0 bridgehead atoms. The van der Waals surface area contributed by atoms with Gasteiger partial charge in [0.1, 0.15) is 0 Å². The first-order valence-electron chi connectivity index (χ1n) is 7.24. The molecule has 0 saturated carbocycles. The fourth-order valence-corrected chi connectivity index (χ4v) is 2.95. The zero-order chi connectivity index (χ0) is 16.9. The monoisotopic (exact) mass is 329 g/mol. The molecule has 0 heterocycles. The minimum Gasteiger partial charge on any atom is -0.310 e. The molecule has 0 radical (unpaired) electrons. The Kier molecular flexibility index (Phi) is 5.45. The van der Waals surface area contributed by atoms with E-state index in [0.717, 1.165) is 5.56 Å². The van der Waals surface area contributed by atoms with Crippen molar-refractivity contribution in [2.24, 2.45) is 4.40 Å². The van der Waals surface area contributed by atoms with Crippen LogP contribution >= 0.6 is 0 Å². The first-order valence-corrected chi connectivity index (χ1v) is 8.68. The number of allylic oxidation sites excluding steroid dienone is 5. The van der Waals surface area contributed by atoms with Crippen molar-refractivity contribution in [2.75, 3.05) is 0 Å². The predicted octanol–water partition coefficient (Wildman–Crippen LogP) is 2.62. The molecule has 1 aliphatic carbocycles. The van der Waals surface area contributed by atoms with Gasteiger partial charge in [-0.25, -0.2) is 0 Å². The van der Waals surface area contributed by atoms with Crippen LogP contribution in [0.2, 0.25) is 0 Å². The zero-order valence-electron chi connectivity index (χ0n) is 13.1. The van der Waals surface area contributed by atoms with Gasteiger partial charge in [0.25, 0.3) is 10.0 Å². The fraction of sp³-hybridized carbons (Fsp3) is 0.235. The predicted molar refractivity (Wildman–Crippen MR) is 92.6 cm³/mol. The zero-order valence-corrected chi connectivity index (χ0v) is 13.9. The van der Waals surface area contributed by atoms with Crippen molar-refractivity contribution in [2.45, 2.75) is 31.3 Å². The molecule has 0 spiro atoms. The lowest BCUT2D eigenvalue weighted by Gasteiger charge is -2.09. The van der Waals surface area contributed by atoms with Gasteiger partial charge in [0.05, 0.1) is 16.2 Å². The Morgan fingerprint density at radius 2 is 1.83 bits per heavy atom. The summed E-state index contributed by atoms with van der Waals surface area (Å²) in [7, 11) is -3.81. The molecule has 6 heteroatoms. The molecule has 0 aromatic heterocycles. The van der Waals surface area contributed by atoms with Gasteiger partial charge < -0.3 is 5.32 Å². The number of hydrogen-bond acceptors (Lipinski definition) is 4. The normalized spacial score (nSPS) is 16.1. The Labute approximate surface area is 136 Å². The summed E-state index contributed by atoms with van der Waals surface area (Å²) >= 11 is 0. The molecule has 0 amide bonds. The number of hydrogen-bond donors (Lipinski definition) is 2. The van der Waals surface area contributed by atoms with Crippen LogP contribution in [0.15, 0.2) is 63.4 Å². The Balaban J connectivity index is 2.25. The molecule has 1 aromatic rings. The summed E-state index contributed by atoms with van der Waals surface area (Å²) < 4.78 is 28.6. The maximum Gasteiger partial charge on any atom is 0.282 e. The van der Waals surface area contributed by atoms with Gasteiger partial charge in [0.2, 0.25) is 0 Å². The van der Waals surface area contributed by atoms with Crippen LogP contribution in [0, 0.1) is 5.41 Å². The fourth-order valence-electron chi connectivity index (χ4n) is 1.94. The molecule has 0 atom stereocenters. The van der Waals surface area contributed by atoms with Crippen LogP contribution in [-0.4, -0.2) is 26.0 Å². The Morgan fingerprint density at radius 3 is 2.43 bits per heavy atom. The van der Waals surface area contributed by atoms with Crippen molar-refractivity contribution >= 4 is 21.6 Å². The van der Waals surface area contributed by atoms with Crippen molar-refractivity contribution in [1.82, 2.24) is 5.32 Å². The molecule has 2 rings (SSSR count). The average Bonchev–Trinajstić information content (AvgIpc) is 2.53. The number of benzene rings is 1. The second kappa shape index (κ2) is 7.33. The van der Waals surface area contributed by atoms with Crippen LogP contribution in [0.3, 0.4) is 0 Å². The van der Waals surface area contributed by atoms with Crippen molar-refractivity contribution in [1.29, 1.82) is 5.41 Å². The highest BCUT2D eigenvalue weighted by Crippen LogP contribution is 2.16. The van der Waals surface area contributed by atoms with Gasteiger partial charge in [-0.15, -0.1) is 0 Å². The third-order valence-corrected chi connectivity index (χ3v) is 4.50. The summed E-state index contributed by atoms with van der Waals surface area (Å²) in [5.41, 5.74) is 1.56. The van der Waals surface area contributed by atoms with E-state index in [-0.39, 0.29) is 10.6 Å². The highest BCUT2D eigenvalue weighted by molar-refractivity contribution is 7.90. The SMILES string of the molecule is CC(C)NCc1ccc(S(=O)(=O)/N=C2/C=CC=CC2=C=N)cc1. The molecule has 1 aromatic carbocycles. The molecule has 1 aliphatic rings. The van der Waals surface area contributed by atoms with E-state index in [1.165, 1.54) is 0 Å². The molecule has 120 valence electrons. The van der Waals surface area contributed by atoms with Gasteiger partial charge in [-0.1, -0.05) is 38.1 Å². The number of sulfonamides is 1. The van der Waals surface area contributed by atoms with Gasteiger partial charge in [0, 0.05) is 12.6 Å². The number of nitrogens with zero attached hydrogens (tertiary/aromatic N) is 1. The summed E-state index contributed by atoms with van der Waals surface area (Å²) in [5, 5.41) is 10.5. The molecule has 23 heavy (non-hydrogen) atoms. The number of rotatable bonds is 5. The quantitative estimate of drug-likeness (QED) is 0.815. The van der Waals surface area contributed by atoms with Gasteiger partial charge in [0.15, 0.2) is 0 Å². The van der Waals surface area contributed by atoms with E-state index < -0.39 is 10.0 Å². The summed E-state index contributed by atoms with van der Waals surface area (Å²) in [6.07, 6.45) is 6.53. The minimum atomic E-state index is -3.81. The summed E-state index contributed by atoms with van der Waals surface area (Å²) in [4.78, 5) is 0.130. The lowest BCUT2D eigenvalue weighted by atomic mass is 10.1. The first kappa shape index (κ1) is 17.1. The molecule has 0 aliphatic heterocycles. The summed E-state index contributed by atoms with van der Waals surface area (Å²) in [6, 6.07) is 7.00. The van der Waals surface area contributed by atoms with Crippen LogP contribution in [-0.2, 0) is 16.6 Å². The van der Waals surface area contributed by atoms with Gasteiger partial charge in [-0.2, -0.15) is 12.8 Å². The standard InChI is InChI=1S/C17H19N3O2S/c1-13(2)19-12-14-7-9-16(10-8-14)23(21,22)20-17-6-4-3-5-15(17)11-18/h3-10,13,18-19H,12H2,1-2H3/b20-17-. The second-order valence-electron chi connectivity index (χ2n) is 5.39. The topological polar surface area (TPSA) is 82.4 Å². The van der Waals surface area contributed by atoms with E-state index in [4.69, 9.17) is 5.41 Å². The third-order valence-electron chi connectivity index (χ3n) is 3.19. The minimum absolute atomic E-state index is 0.130.